The molecule has 0 amide bonds. The van der Waals surface area contributed by atoms with Gasteiger partial charge in [0.25, 0.3) is 0 Å². The van der Waals surface area contributed by atoms with Crippen molar-refractivity contribution in [3.8, 4) is 0 Å². The van der Waals surface area contributed by atoms with Gasteiger partial charge in [0.2, 0.25) is 0 Å². The molecule has 2 rings (SSSR count). The molecule has 0 spiro atoms. The van der Waals surface area contributed by atoms with Gasteiger partial charge in [-0.3, -0.25) is 4.79 Å². The van der Waals surface area contributed by atoms with Gasteiger partial charge in [0.1, 0.15) is 5.78 Å². The normalized spacial score (nSPS) is 29.4. The lowest BCUT2D eigenvalue weighted by Gasteiger charge is -2.28. The molecule has 108 valence electrons. The molecular formula is C17H29NO. The number of piperidine rings is 1. The van der Waals surface area contributed by atoms with E-state index in [2.05, 4.69) is 11.9 Å². The van der Waals surface area contributed by atoms with E-state index in [1.165, 1.54) is 38.5 Å². The summed E-state index contributed by atoms with van der Waals surface area (Å²) in [5.74, 6) is 0.920. The summed E-state index contributed by atoms with van der Waals surface area (Å²) in [6, 6.07) is 1.29. The van der Waals surface area contributed by atoms with Gasteiger partial charge in [0.15, 0.2) is 0 Å². The molecule has 2 saturated heterocycles. The first-order valence-electron chi connectivity index (χ1n) is 8.19. The van der Waals surface area contributed by atoms with Crippen molar-refractivity contribution in [3.63, 3.8) is 0 Å². The maximum absolute atomic E-state index is 12.2. The standard InChI is InChI=1S/C17H29NO/c1-2-3-4-5-6-7-8-9-17(19)14-12-15-10-11-16(13-14)18-15/h2,14-16,18H,1,3-13H2. The molecule has 2 heterocycles. The second kappa shape index (κ2) is 7.84. The molecule has 2 aliphatic rings. The monoisotopic (exact) mass is 263 g/mol. The van der Waals surface area contributed by atoms with E-state index < -0.39 is 0 Å². The lowest BCUT2D eigenvalue weighted by atomic mass is 9.87. The first kappa shape index (κ1) is 14.8. The van der Waals surface area contributed by atoms with E-state index in [0.29, 0.717) is 23.8 Å². The molecule has 2 atom stereocenters. The van der Waals surface area contributed by atoms with Crippen molar-refractivity contribution in [1.82, 2.24) is 5.32 Å². The third-order valence-electron chi connectivity index (χ3n) is 4.76. The minimum absolute atomic E-state index is 0.375. The number of ketones is 1. The fourth-order valence-electron chi connectivity index (χ4n) is 3.64. The zero-order chi connectivity index (χ0) is 13.5. The second-order valence-electron chi connectivity index (χ2n) is 6.37. The van der Waals surface area contributed by atoms with E-state index in [1.807, 2.05) is 6.08 Å². The maximum Gasteiger partial charge on any atom is 0.136 e. The predicted octanol–water partition coefficient (Wildman–Crippen LogP) is 4.00. The molecule has 0 aromatic rings. The molecule has 2 aliphatic heterocycles. The highest BCUT2D eigenvalue weighted by atomic mass is 16.1. The predicted molar refractivity (Wildman–Crippen MR) is 80.2 cm³/mol. The summed E-state index contributed by atoms with van der Waals surface area (Å²) in [7, 11) is 0. The highest BCUT2D eigenvalue weighted by molar-refractivity contribution is 5.81. The lowest BCUT2D eigenvalue weighted by Crippen LogP contribution is -2.40. The second-order valence-corrected chi connectivity index (χ2v) is 6.37. The van der Waals surface area contributed by atoms with Gasteiger partial charge < -0.3 is 5.32 Å². The van der Waals surface area contributed by atoms with Crippen molar-refractivity contribution in [1.29, 1.82) is 0 Å². The van der Waals surface area contributed by atoms with Gasteiger partial charge >= 0.3 is 0 Å². The summed E-state index contributed by atoms with van der Waals surface area (Å²) in [6.07, 6.45) is 14.9. The number of nitrogens with one attached hydrogen (secondary N) is 1. The van der Waals surface area contributed by atoms with Gasteiger partial charge in [-0.05, 0) is 44.9 Å². The van der Waals surface area contributed by atoms with E-state index in [0.717, 1.165) is 32.1 Å². The van der Waals surface area contributed by atoms with E-state index in [-0.39, 0.29) is 0 Å². The maximum atomic E-state index is 12.2. The van der Waals surface area contributed by atoms with Crippen LogP contribution in [0.1, 0.15) is 70.6 Å². The topological polar surface area (TPSA) is 29.1 Å². The van der Waals surface area contributed by atoms with Gasteiger partial charge in [-0.2, -0.15) is 0 Å². The molecule has 2 bridgehead atoms. The highest BCUT2D eigenvalue weighted by Crippen LogP contribution is 2.32. The fraction of sp³-hybridized carbons (Fsp3) is 0.824. The number of carbonyl (C=O) groups excluding carboxylic acids is 1. The number of unbranched alkanes of at least 4 members (excludes halogenated alkanes) is 5. The van der Waals surface area contributed by atoms with Crippen LogP contribution in [-0.4, -0.2) is 17.9 Å². The summed E-state index contributed by atoms with van der Waals surface area (Å²) >= 11 is 0. The van der Waals surface area contributed by atoms with Gasteiger partial charge in [0, 0.05) is 24.4 Å². The van der Waals surface area contributed by atoms with Crippen LogP contribution < -0.4 is 5.32 Å². The summed E-state index contributed by atoms with van der Waals surface area (Å²) < 4.78 is 0. The first-order valence-corrected chi connectivity index (χ1v) is 8.19. The Morgan fingerprint density at radius 1 is 1.05 bits per heavy atom. The summed E-state index contributed by atoms with van der Waals surface area (Å²) in [5, 5.41) is 3.61. The van der Waals surface area contributed by atoms with Gasteiger partial charge in [-0.15, -0.1) is 6.58 Å². The van der Waals surface area contributed by atoms with Crippen LogP contribution in [0.2, 0.25) is 0 Å². The van der Waals surface area contributed by atoms with Crippen LogP contribution in [0.5, 0.6) is 0 Å². The number of hydrogen-bond acceptors (Lipinski definition) is 2. The number of hydrogen-bond donors (Lipinski definition) is 1. The fourth-order valence-corrected chi connectivity index (χ4v) is 3.64. The lowest BCUT2D eigenvalue weighted by molar-refractivity contribution is -0.124. The van der Waals surface area contributed by atoms with Crippen LogP contribution in [-0.2, 0) is 4.79 Å². The van der Waals surface area contributed by atoms with E-state index in [4.69, 9.17) is 0 Å². The van der Waals surface area contributed by atoms with Crippen LogP contribution in [0.15, 0.2) is 12.7 Å². The first-order chi connectivity index (χ1) is 9.29. The average Bonchev–Trinajstić information content (AvgIpc) is 2.76. The molecule has 0 saturated carbocycles. The molecule has 2 nitrogen and oxygen atoms in total. The van der Waals surface area contributed by atoms with E-state index >= 15 is 0 Å². The smallest absolute Gasteiger partial charge is 0.136 e. The molecule has 2 heteroatoms. The zero-order valence-electron chi connectivity index (χ0n) is 12.2. The van der Waals surface area contributed by atoms with Gasteiger partial charge in [-0.25, -0.2) is 0 Å². The molecule has 1 N–H and O–H groups in total. The Morgan fingerprint density at radius 2 is 1.68 bits per heavy atom. The molecule has 0 radical (unpaired) electrons. The Morgan fingerprint density at radius 3 is 2.37 bits per heavy atom. The van der Waals surface area contributed by atoms with Crippen molar-refractivity contribution in [2.75, 3.05) is 0 Å². The number of rotatable bonds is 9. The molecule has 2 unspecified atom stereocenters. The third kappa shape index (κ3) is 4.76. The summed E-state index contributed by atoms with van der Waals surface area (Å²) in [4.78, 5) is 12.2. The van der Waals surface area contributed by atoms with Gasteiger partial charge in [-0.1, -0.05) is 25.3 Å². The van der Waals surface area contributed by atoms with Crippen LogP contribution >= 0.6 is 0 Å². The minimum Gasteiger partial charge on any atom is -0.311 e. The molecule has 2 fully saturated rings. The average molecular weight is 263 g/mol. The van der Waals surface area contributed by atoms with Crippen LogP contribution in [0.4, 0.5) is 0 Å². The Bertz CT molecular complexity index is 288. The summed E-state index contributed by atoms with van der Waals surface area (Å²) in [5.41, 5.74) is 0. The van der Waals surface area contributed by atoms with E-state index in [9.17, 15) is 4.79 Å². The molecule has 19 heavy (non-hydrogen) atoms. The number of Topliss-reactive ketones (excluding diaryl/α,β-unsaturated/α-hetero) is 1. The van der Waals surface area contributed by atoms with Crippen molar-refractivity contribution in [2.24, 2.45) is 5.92 Å². The highest BCUT2D eigenvalue weighted by Gasteiger charge is 2.35. The van der Waals surface area contributed by atoms with Crippen molar-refractivity contribution >= 4 is 5.78 Å². The number of carbonyl (C=O) groups is 1. The van der Waals surface area contributed by atoms with Crippen LogP contribution in [0, 0.1) is 5.92 Å². The number of allylic oxidation sites excluding steroid dienone is 1. The van der Waals surface area contributed by atoms with Gasteiger partial charge in [0.05, 0.1) is 0 Å². The van der Waals surface area contributed by atoms with Crippen molar-refractivity contribution in [3.05, 3.63) is 12.7 Å². The molecule has 0 aliphatic carbocycles. The molecule has 0 aromatic carbocycles. The summed E-state index contributed by atoms with van der Waals surface area (Å²) in [6.45, 7) is 3.74. The van der Waals surface area contributed by atoms with E-state index in [1.54, 1.807) is 0 Å². The Labute approximate surface area is 118 Å². The SMILES string of the molecule is C=CCCCCCCCC(=O)C1CC2CCC(C1)N2. The number of fused-ring (bicyclic) bond motifs is 2. The Hall–Kier alpha value is -0.630. The van der Waals surface area contributed by atoms with Crippen LogP contribution in [0.3, 0.4) is 0 Å². The molecular weight excluding hydrogens is 234 g/mol. The quantitative estimate of drug-likeness (QED) is 0.503. The van der Waals surface area contributed by atoms with Crippen LogP contribution in [0.25, 0.3) is 0 Å². The Kier molecular flexibility index (Phi) is 6.09. The van der Waals surface area contributed by atoms with Crippen molar-refractivity contribution < 1.29 is 4.79 Å². The Balaban J connectivity index is 1.53. The largest absolute Gasteiger partial charge is 0.311 e. The minimum atomic E-state index is 0.375. The zero-order valence-corrected chi connectivity index (χ0v) is 12.2. The third-order valence-corrected chi connectivity index (χ3v) is 4.76. The molecule has 0 aromatic heterocycles. The van der Waals surface area contributed by atoms with Crippen molar-refractivity contribution in [2.45, 2.75) is 82.7 Å².